The Kier molecular flexibility index (Phi) is 3.89. The zero-order chi connectivity index (χ0) is 13.0. The van der Waals surface area contributed by atoms with Crippen LogP contribution >= 0.6 is 11.6 Å². The lowest BCUT2D eigenvalue weighted by molar-refractivity contribution is 0.0945. The molecule has 4 nitrogen and oxygen atoms in total. The SMILES string of the molecule is Cc1cccc(CNC(=O)c2cccc(Cl)n2)n1. The van der Waals surface area contributed by atoms with Gasteiger partial charge in [-0.2, -0.15) is 0 Å². The first-order valence-electron chi connectivity index (χ1n) is 5.48. The summed E-state index contributed by atoms with van der Waals surface area (Å²) >= 11 is 5.72. The first kappa shape index (κ1) is 12.5. The Morgan fingerprint density at radius 2 is 2.00 bits per heavy atom. The van der Waals surface area contributed by atoms with Gasteiger partial charge in [-0.15, -0.1) is 0 Å². The zero-order valence-corrected chi connectivity index (χ0v) is 10.6. The maximum absolute atomic E-state index is 11.8. The highest BCUT2D eigenvalue weighted by molar-refractivity contribution is 6.29. The van der Waals surface area contributed by atoms with Gasteiger partial charge >= 0.3 is 0 Å². The fraction of sp³-hybridized carbons (Fsp3) is 0.154. The quantitative estimate of drug-likeness (QED) is 0.863. The minimum atomic E-state index is -0.263. The molecule has 2 aromatic rings. The lowest BCUT2D eigenvalue weighted by Crippen LogP contribution is -2.24. The standard InChI is InChI=1S/C13H12ClN3O/c1-9-4-2-5-10(16-9)8-15-13(18)11-6-3-7-12(14)17-11/h2-7H,8H2,1H3,(H,15,18). The molecule has 0 radical (unpaired) electrons. The van der Waals surface area contributed by atoms with E-state index in [0.29, 0.717) is 17.4 Å². The number of nitrogens with one attached hydrogen (secondary N) is 1. The second kappa shape index (κ2) is 5.60. The van der Waals surface area contributed by atoms with Crippen molar-refractivity contribution in [3.8, 4) is 0 Å². The zero-order valence-electron chi connectivity index (χ0n) is 9.85. The molecule has 1 amide bonds. The van der Waals surface area contributed by atoms with Crippen LogP contribution < -0.4 is 5.32 Å². The lowest BCUT2D eigenvalue weighted by atomic mass is 10.3. The molecular formula is C13H12ClN3O. The third-order valence-electron chi connectivity index (χ3n) is 2.32. The average Bonchev–Trinajstić information content (AvgIpc) is 2.36. The van der Waals surface area contributed by atoms with Crippen LogP contribution in [0.4, 0.5) is 0 Å². The fourth-order valence-electron chi connectivity index (χ4n) is 1.49. The van der Waals surface area contributed by atoms with E-state index >= 15 is 0 Å². The van der Waals surface area contributed by atoms with Crippen LogP contribution in [-0.4, -0.2) is 15.9 Å². The Hall–Kier alpha value is -1.94. The predicted octanol–water partition coefficient (Wildman–Crippen LogP) is 2.37. The third kappa shape index (κ3) is 3.28. The van der Waals surface area contributed by atoms with Gasteiger partial charge < -0.3 is 5.32 Å². The Morgan fingerprint density at radius 3 is 2.72 bits per heavy atom. The molecule has 0 aliphatic rings. The molecule has 92 valence electrons. The average molecular weight is 262 g/mol. The Balaban J connectivity index is 2.00. The number of hydrogen-bond acceptors (Lipinski definition) is 3. The first-order valence-corrected chi connectivity index (χ1v) is 5.86. The summed E-state index contributed by atoms with van der Waals surface area (Å²) in [5.74, 6) is -0.263. The van der Waals surface area contributed by atoms with Crippen molar-refractivity contribution in [3.63, 3.8) is 0 Å². The summed E-state index contributed by atoms with van der Waals surface area (Å²) in [5, 5.41) is 3.05. The summed E-state index contributed by atoms with van der Waals surface area (Å²) in [6.45, 7) is 2.28. The van der Waals surface area contributed by atoms with Gasteiger partial charge in [0.25, 0.3) is 5.91 Å². The minimum absolute atomic E-state index is 0.263. The van der Waals surface area contributed by atoms with Crippen molar-refractivity contribution in [2.75, 3.05) is 0 Å². The van der Waals surface area contributed by atoms with E-state index < -0.39 is 0 Å². The molecule has 0 saturated carbocycles. The van der Waals surface area contributed by atoms with Crippen LogP contribution in [0.3, 0.4) is 0 Å². The highest BCUT2D eigenvalue weighted by atomic mass is 35.5. The van der Waals surface area contributed by atoms with Crippen LogP contribution in [-0.2, 0) is 6.54 Å². The smallest absolute Gasteiger partial charge is 0.270 e. The van der Waals surface area contributed by atoms with Crippen molar-refractivity contribution in [1.29, 1.82) is 0 Å². The lowest BCUT2D eigenvalue weighted by Gasteiger charge is -2.05. The molecule has 2 rings (SSSR count). The van der Waals surface area contributed by atoms with Crippen LogP contribution in [0.5, 0.6) is 0 Å². The normalized spacial score (nSPS) is 10.1. The molecule has 0 unspecified atom stereocenters. The predicted molar refractivity (Wildman–Crippen MR) is 69.4 cm³/mol. The molecule has 0 aliphatic heterocycles. The molecule has 1 N–H and O–H groups in total. The van der Waals surface area contributed by atoms with E-state index in [2.05, 4.69) is 15.3 Å². The van der Waals surface area contributed by atoms with Crippen molar-refractivity contribution >= 4 is 17.5 Å². The van der Waals surface area contributed by atoms with Crippen LogP contribution in [0, 0.1) is 6.92 Å². The number of pyridine rings is 2. The number of aryl methyl sites for hydroxylation is 1. The van der Waals surface area contributed by atoms with Gasteiger partial charge in [-0.05, 0) is 31.2 Å². The van der Waals surface area contributed by atoms with E-state index in [4.69, 9.17) is 11.6 Å². The molecule has 2 heterocycles. The molecule has 0 atom stereocenters. The van der Waals surface area contributed by atoms with Gasteiger partial charge in [0.2, 0.25) is 0 Å². The van der Waals surface area contributed by atoms with Crippen LogP contribution in [0.15, 0.2) is 36.4 Å². The Bertz CT molecular complexity index is 572. The minimum Gasteiger partial charge on any atom is -0.345 e. The highest BCUT2D eigenvalue weighted by Gasteiger charge is 2.07. The van der Waals surface area contributed by atoms with Crippen LogP contribution in [0.1, 0.15) is 21.9 Å². The Labute approximate surface area is 110 Å². The number of rotatable bonds is 3. The fourth-order valence-corrected chi connectivity index (χ4v) is 1.66. The van der Waals surface area contributed by atoms with E-state index in [0.717, 1.165) is 11.4 Å². The topological polar surface area (TPSA) is 54.9 Å². The highest BCUT2D eigenvalue weighted by Crippen LogP contribution is 2.05. The summed E-state index contributed by atoms with van der Waals surface area (Å²) < 4.78 is 0. The largest absolute Gasteiger partial charge is 0.345 e. The van der Waals surface area contributed by atoms with Crippen molar-refractivity contribution in [2.45, 2.75) is 13.5 Å². The van der Waals surface area contributed by atoms with Gasteiger partial charge in [-0.25, -0.2) is 4.98 Å². The van der Waals surface area contributed by atoms with Crippen molar-refractivity contribution in [2.24, 2.45) is 0 Å². The first-order chi connectivity index (χ1) is 8.65. The third-order valence-corrected chi connectivity index (χ3v) is 2.53. The molecule has 5 heteroatoms. The van der Waals surface area contributed by atoms with Gasteiger partial charge in [0.15, 0.2) is 0 Å². The number of amides is 1. The molecule has 2 aromatic heterocycles. The molecule has 0 bridgehead atoms. The molecular weight excluding hydrogens is 250 g/mol. The molecule has 0 saturated heterocycles. The second-order valence-corrected chi connectivity index (χ2v) is 4.19. The summed E-state index contributed by atoms with van der Waals surface area (Å²) in [7, 11) is 0. The van der Waals surface area contributed by atoms with E-state index in [9.17, 15) is 4.79 Å². The van der Waals surface area contributed by atoms with Gasteiger partial charge in [-0.3, -0.25) is 9.78 Å². The summed E-state index contributed by atoms with van der Waals surface area (Å²) in [5.41, 5.74) is 2.03. The number of carbonyl (C=O) groups is 1. The number of carbonyl (C=O) groups excluding carboxylic acids is 1. The van der Waals surface area contributed by atoms with E-state index in [1.54, 1.807) is 18.2 Å². The van der Waals surface area contributed by atoms with Gasteiger partial charge in [0.1, 0.15) is 10.8 Å². The van der Waals surface area contributed by atoms with Gasteiger partial charge in [0.05, 0.1) is 12.2 Å². The number of hydrogen-bond donors (Lipinski definition) is 1. The molecule has 0 spiro atoms. The van der Waals surface area contributed by atoms with E-state index in [-0.39, 0.29) is 5.91 Å². The molecule has 0 aromatic carbocycles. The maximum atomic E-state index is 11.8. The monoisotopic (exact) mass is 261 g/mol. The summed E-state index contributed by atoms with van der Waals surface area (Å²) in [6, 6.07) is 10.6. The maximum Gasteiger partial charge on any atom is 0.270 e. The number of nitrogens with zero attached hydrogens (tertiary/aromatic N) is 2. The number of aromatic nitrogens is 2. The second-order valence-electron chi connectivity index (χ2n) is 3.80. The summed E-state index contributed by atoms with van der Waals surface area (Å²) in [4.78, 5) is 20.0. The van der Waals surface area contributed by atoms with E-state index in [1.807, 2.05) is 25.1 Å². The summed E-state index contributed by atoms with van der Waals surface area (Å²) in [6.07, 6.45) is 0. The van der Waals surface area contributed by atoms with Gasteiger partial charge in [0, 0.05) is 5.69 Å². The van der Waals surface area contributed by atoms with Crippen LogP contribution in [0.2, 0.25) is 5.15 Å². The Morgan fingerprint density at radius 1 is 1.22 bits per heavy atom. The van der Waals surface area contributed by atoms with E-state index in [1.165, 1.54) is 0 Å². The number of halogens is 1. The van der Waals surface area contributed by atoms with Crippen molar-refractivity contribution in [3.05, 3.63) is 58.6 Å². The van der Waals surface area contributed by atoms with Crippen molar-refractivity contribution in [1.82, 2.24) is 15.3 Å². The van der Waals surface area contributed by atoms with Gasteiger partial charge in [-0.1, -0.05) is 23.7 Å². The van der Waals surface area contributed by atoms with Crippen molar-refractivity contribution < 1.29 is 4.79 Å². The molecule has 0 aliphatic carbocycles. The molecule has 18 heavy (non-hydrogen) atoms. The molecule has 0 fully saturated rings. The van der Waals surface area contributed by atoms with Crippen LogP contribution in [0.25, 0.3) is 0 Å².